The molecular weight excluding hydrogens is 480 g/mol. The van der Waals surface area contributed by atoms with Crippen LogP contribution in [0, 0.1) is 22.7 Å². The van der Waals surface area contributed by atoms with Crippen molar-refractivity contribution in [2.45, 2.75) is 39.5 Å². The molecule has 0 bridgehead atoms. The van der Waals surface area contributed by atoms with Gasteiger partial charge in [-0.05, 0) is 76.8 Å². The van der Waals surface area contributed by atoms with E-state index in [1.807, 2.05) is 24.3 Å². The Bertz CT molecular complexity index is 1380. The summed E-state index contributed by atoms with van der Waals surface area (Å²) in [5.41, 5.74) is 11.3. The number of methoxy groups -OCH3 is 2. The first kappa shape index (κ1) is 26.7. The Balaban J connectivity index is 1.84. The van der Waals surface area contributed by atoms with E-state index in [4.69, 9.17) is 19.9 Å². The van der Waals surface area contributed by atoms with E-state index in [0.29, 0.717) is 22.5 Å². The lowest BCUT2D eigenvalue weighted by atomic mass is 9.66. The fourth-order valence-electron chi connectivity index (χ4n) is 5.04. The number of hydrogen-bond donors (Lipinski definition) is 1. The van der Waals surface area contributed by atoms with Gasteiger partial charge in [0.25, 0.3) is 0 Å². The summed E-state index contributed by atoms with van der Waals surface area (Å²) in [5, 5.41) is 10.1. The maximum atomic E-state index is 12.0. The maximum absolute atomic E-state index is 12.0. The molecule has 2 unspecified atom stereocenters. The third-order valence-electron chi connectivity index (χ3n) is 7.31. The number of rotatable bonds is 4. The average molecular weight is 513 g/mol. The number of allylic oxidation sites excluding steroid dienone is 3. The van der Waals surface area contributed by atoms with Gasteiger partial charge in [-0.2, -0.15) is 5.26 Å². The Morgan fingerprint density at radius 1 is 0.974 bits per heavy atom. The quantitative estimate of drug-likeness (QED) is 0.511. The molecule has 0 radical (unpaired) electrons. The molecular formula is C31H32N2O5. The fraction of sp³-hybridized carbons (Fsp3) is 0.323. The topological polar surface area (TPSA) is 112 Å². The SMILES string of the molecule is COC(=O)c1ccc(/C=C2\CC(C(C)(C)C)CC3=C2OC(N)=C(C#N)C3c2ccc(C(=O)OC)cc2)cc1. The highest BCUT2D eigenvalue weighted by molar-refractivity contribution is 5.90. The van der Waals surface area contributed by atoms with E-state index < -0.39 is 17.9 Å². The third kappa shape index (κ3) is 5.21. The minimum Gasteiger partial charge on any atom is -0.465 e. The van der Waals surface area contributed by atoms with Crippen molar-refractivity contribution >= 4 is 18.0 Å². The van der Waals surface area contributed by atoms with Gasteiger partial charge in [0.2, 0.25) is 5.88 Å². The van der Waals surface area contributed by atoms with Crippen LogP contribution in [0.1, 0.15) is 71.4 Å². The maximum Gasteiger partial charge on any atom is 0.337 e. The second-order valence-electron chi connectivity index (χ2n) is 10.6. The summed E-state index contributed by atoms with van der Waals surface area (Å²) in [6.45, 7) is 6.64. The molecule has 0 amide bonds. The largest absolute Gasteiger partial charge is 0.465 e. The molecule has 4 rings (SSSR count). The van der Waals surface area contributed by atoms with Crippen LogP contribution in [0.2, 0.25) is 0 Å². The van der Waals surface area contributed by atoms with Crippen molar-refractivity contribution in [3.05, 3.63) is 99.1 Å². The number of nitrogens with zero attached hydrogens (tertiary/aromatic N) is 1. The predicted molar refractivity (Wildman–Crippen MR) is 143 cm³/mol. The lowest BCUT2D eigenvalue weighted by Gasteiger charge is -2.41. The summed E-state index contributed by atoms with van der Waals surface area (Å²) in [6.07, 6.45) is 3.56. The lowest BCUT2D eigenvalue weighted by molar-refractivity contribution is 0.0592. The number of carbonyl (C=O) groups excluding carboxylic acids is 2. The second kappa shape index (κ2) is 10.6. The molecule has 7 heteroatoms. The molecule has 0 spiro atoms. The molecule has 38 heavy (non-hydrogen) atoms. The molecule has 2 aromatic carbocycles. The van der Waals surface area contributed by atoms with E-state index in [9.17, 15) is 14.9 Å². The number of carbonyl (C=O) groups is 2. The van der Waals surface area contributed by atoms with Crippen molar-refractivity contribution in [1.82, 2.24) is 0 Å². The van der Waals surface area contributed by atoms with Crippen molar-refractivity contribution in [3.8, 4) is 6.07 Å². The van der Waals surface area contributed by atoms with Gasteiger partial charge < -0.3 is 19.9 Å². The monoisotopic (exact) mass is 512 g/mol. The molecule has 1 aliphatic heterocycles. The van der Waals surface area contributed by atoms with Gasteiger partial charge in [-0.1, -0.05) is 45.0 Å². The first-order valence-corrected chi connectivity index (χ1v) is 12.5. The predicted octanol–water partition coefficient (Wildman–Crippen LogP) is 5.86. The number of hydrogen-bond acceptors (Lipinski definition) is 7. The smallest absolute Gasteiger partial charge is 0.337 e. The zero-order valence-electron chi connectivity index (χ0n) is 22.3. The number of nitriles is 1. The Hall–Kier alpha value is -4.31. The summed E-state index contributed by atoms with van der Waals surface area (Å²) in [7, 11) is 2.70. The van der Waals surface area contributed by atoms with Gasteiger partial charge in [0.15, 0.2) is 0 Å². The van der Waals surface area contributed by atoms with Gasteiger partial charge in [0.05, 0.1) is 25.3 Å². The molecule has 1 aliphatic carbocycles. The molecule has 0 saturated heterocycles. The molecule has 2 aromatic rings. The van der Waals surface area contributed by atoms with Crippen LogP contribution in [0.5, 0.6) is 0 Å². The number of benzene rings is 2. The van der Waals surface area contributed by atoms with Crippen LogP contribution < -0.4 is 5.73 Å². The van der Waals surface area contributed by atoms with E-state index in [1.165, 1.54) is 14.2 Å². The summed E-state index contributed by atoms with van der Waals surface area (Å²) in [5.74, 6) is -0.172. The summed E-state index contributed by atoms with van der Waals surface area (Å²) < 4.78 is 15.8. The first-order chi connectivity index (χ1) is 18.1. The highest BCUT2D eigenvalue weighted by Gasteiger charge is 2.41. The number of nitrogens with two attached hydrogens (primary N) is 1. The van der Waals surface area contributed by atoms with Crippen LogP contribution in [-0.2, 0) is 14.2 Å². The Labute approximate surface area is 223 Å². The molecule has 2 atom stereocenters. The highest BCUT2D eigenvalue weighted by Crippen LogP contribution is 2.51. The molecule has 1 heterocycles. The van der Waals surface area contributed by atoms with Crippen LogP contribution >= 0.6 is 0 Å². The van der Waals surface area contributed by atoms with Crippen molar-refractivity contribution < 1.29 is 23.8 Å². The van der Waals surface area contributed by atoms with Crippen LogP contribution in [0.15, 0.2) is 76.9 Å². The third-order valence-corrected chi connectivity index (χ3v) is 7.31. The number of esters is 2. The Morgan fingerprint density at radius 3 is 2.03 bits per heavy atom. The first-order valence-electron chi connectivity index (χ1n) is 12.5. The highest BCUT2D eigenvalue weighted by atomic mass is 16.5. The molecule has 2 aliphatic rings. The Kier molecular flexibility index (Phi) is 7.45. The van der Waals surface area contributed by atoms with E-state index in [1.54, 1.807) is 24.3 Å². The van der Waals surface area contributed by atoms with Crippen LogP contribution in [0.3, 0.4) is 0 Å². The van der Waals surface area contributed by atoms with Gasteiger partial charge in [0, 0.05) is 5.92 Å². The van der Waals surface area contributed by atoms with E-state index in [0.717, 1.165) is 35.1 Å². The molecule has 196 valence electrons. The normalized spacial score (nSPS) is 20.4. The molecule has 0 aromatic heterocycles. The Morgan fingerprint density at radius 2 is 1.53 bits per heavy atom. The van der Waals surface area contributed by atoms with Crippen molar-refractivity contribution in [2.24, 2.45) is 17.1 Å². The van der Waals surface area contributed by atoms with E-state index in [2.05, 4.69) is 32.9 Å². The van der Waals surface area contributed by atoms with Crippen molar-refractivity contribution in [1.29, 1.82) is 5.26 Å². The standard InChI is InChI=1S/C31H32N2O5/c1-31(2,3)23-15-22(14-18-6-8-20(9-7-18)29(34)36-4)27-24(16-23)26(25(17-32)28(33)38-27)19-10-12-21(13-11-19)30(35)37-5/h6-14,23,26H,15-16,33H2,1-5H3/b22-14+. The van der Waals surface area contributed by atoms with E-state index >= 15 is 0 Å². The van der Waals surface area contributed by atoms with Gasteiger partial charge in [-0.15, -0.1) is 0 Å². The summed E-state index contributed by atoms with van der Waals surface area (Å²) in [6, 6.07) is 16.5. The zero-order valence-corrected chi connectivity index (χ0v) is 22.3. The molecule has 7 nitrogen and oxygen atoms in total. The molecule has 0 saturated carbocycles. The minimum absolute atomic E-state index is 0.00876. The minimum atomic E-state index is -0.423. The lowest BCUT2D eigenvalue weighted by Crippen LogP contribution is -2.31. The average Bonchev–Trinajstić information content (AvgIpc) is 2.91. The van der Waals surface area contributed by atoms with Crippen LogP contribution in [0.25, 0.3) is 6.08 Å². The fourth-order valence-corrected chi connectivity index (χ4v) is 5.04. The van der Waals surface area contributed by atoms with Crippen molar-refractivity contribution in [2.75, 3.05) is 14.2 Å². The van der Waals surface area contributed by atoms with Gasteiger partial charge in [-0.3, -0.25) is 0 Å². The van der Waals surface area contributed by atoms with Gasteiger partial charge in [-0.25, -0.2) is 9.59 Å². The van der Waals surface area contributed by atoms with Crippen LogP contribution in [-0.4, -0.2) is 26.2 Å². The van der Waals surface area contributed by atoms with Gasteiger partial charge in [0.1, 0.15) is 17.4 Å². The molecule has 0 fully saturated rings. The summed E-state index contributed by atoms with van der Waals surface area (Å²) in [4.78, 5) is 23.8. The van der Waals surface area contributed by atoms with Crippen molar-refractivity contribution in [3.63, 3.8) is 0 Å². The van der Waals surface area contributed by atoms with Crippen LogP contribution in [0.4, 0.5) is 0 Å². The summed E-state index contributed by atoms with van der Waals surface area (Å²) >= 11 is 0. The zero-order chi connectivity index (χ0) is 27.6. The van der Waals surface area contributed by atoms with Gasteiger partial charge >= 0.3 is 11.9 Å². The second-order valence-corrected chi connectivity index (χ2v) is 10.6. The molecule has 2 N–H and O–H groups in total. The number of ether oxygens (including phenoxy) is 3. The van der Waals surface area contributed by atoms with E-state index in [-0.39, 0.29) is 17.2 Å².